The van der Waals surface area contributed by atoms with Gasteiger partial charge in [0.25, 0.3) is 0 Å². The van der Waals surface area contributed by atoms with Crippen molar-refractivity contribution in [2.24, 2.45) is 5.92 Å². The lowest BCUT2D eigenvalue weighted by molar-refractivity contribution is -0.142. The van der Waals surface area contributed by atoms with Crippen molar-refractivity contribution in [2.75, 3.05) is 32.7 Å². The van der Waals surface area contributed by atoms with E-state index < -0.39 is 17.7 Å². The molecule has 0 unspecified atom stereocenters. The molecule has 0 N–H and O–H groups in total. The van der Waals surface area contributed by atoms with Gasteiger partial charge in [-0.2, -0.15) is 0 Å². The summed E-state index contributed by atoms with van der Waals surface area (Å²) >= 11 is 0. The van der Waals surface area contributed by atoms with Crippen molar-refractivity contribution in [3.63, 3.8) is 0 Å². The van der Waals surface area contributed by atoms with Gasteiger partial charge in [-0.3, -0.25) is 14.5 Å². The predicted octanol–water partition coefficient (Wildman–Crippen LogP) is 3.03. The van der Waals surface area contributed by atoms with E-state index in [0.29, 0.717) is 26.1 Å². The number of carbonyl (C=O) groups is 3. The molecule has 1 atom stereocenters. The molecule has 0 bridgehead atoms. The maximum absolute atomic E-state index is 13.1. The van der Waals surface area contributed by atoms with Crippen molar-refractivity contribution >= 4 is 17.9 Å². The van der Waals surface area contributed by atoms with Crippen LogP contribution in [0.4, 0.5) is 4.79 Å². The molecule has 7 nitrogen and oxygen atoms in total. The Bertz CT molecular complexity index is 600. The van der Waals surface area contributed by atoms with E-state index in [2.05, 4.69) is 0 Å². The van der Waals surface area contributed by atoms with Gasteiger partial charge in [0.15, 0.2) is 0 Å². The van der Waals surface area contributed by atoms with Crippen LogP contribution in [0.1, 0.15) is 72.1 Å². The minimum absolute atomic E-state index is 0.00836. The second-order valence-corrected chi connectivity index (χ2v) is 9.67. The summed E-state index contributed by atoms with van der Waals surface area (Å²) in [5.41, 5.74) is -0.570. The highest BCUT2D eigenvalue weighted by molar-refractivity contribution is 5.87. The molecule has 0 aromatic carbocycles. The molecular weight excluding hydrogens is 370 g/mol. The second-order valence-electron chi connectivity index (χ2n) is 9.67. The minimum atomic E-state index is -0.570. The van der Waals surface area contributed by atoms with Crippen LogP contribution in [0.15, 0.2) is 0 Å². The molecule has 3 aliphatic heterocycles. The van der Waals surface area contributed by atoms with Crippen LogP contribution in [-0.4, -0.2) is 77.0 Å². The molecule has 3 saturated heterocycles. The van der Waals surface area contributed by atoms with Crippen molar-refractivity contribution in [2.45, 2.75) is 83.8 Å². The standard InChI is InChI=1S/C22H37N3O4/c1-22(2,3)29-21(28)25-14-8-9-18(25)20(27)24-15-10-17(11-16-24)19(26)23-12-6-4-5-7-13-23/h17-18H,4-16H2,1-3H3/t18-/m0/s1. The van der Waals surface area contributed by atoms with Crippen LogP contribution in [0.25, 0.3) is 0 Å². The van der Waals surface area contributed by atoms with E-state index >= 15 is 0 Å². The SMILES string of the molecule is CC(C)(C)OC(=O)N1CCC[C@H]1C(=O)N1CCC(C(=O)N2CCCCCC2)CC1. The highest BCUT2D eigenvalue weighted by Gasteiger charge is 2.40. The molecule has 0 aliphatic carbocycles. The second kappa shape index (κ2) is 9.35. The molecule has 164 valence electrons. The summed E-state index contributed by atoms with van der Waals surface area (Å²) in [5, 5.41) is 0. The molecule has 3 heterocycles. The number of likely N-dealkylation sites (tertiary alicyclic amines) is 3. The number of hydrogen-bond acceptors (Lipinski definition) is 4. The van der Waals surface area contributed by atoms with Crippen LogP contribution in [0, 0.1) is 5.92 Å². The van der Waals surface area contributed by atoms with Gasteiger partial charge in [0, 0.05) is 38.6 Å². The summed E-state index contributed by atoms with van der Waals surface area (Å²) in [6.45, 7) is 9.03. The Labute approximate surface area is 174 Å². The van der Waals surface area contributed by atoms with Crippen LogP contribution in [-0.2, 0) is 14.3 Å². The predicted molar refractivity (Wildman–Crippen MR) is 110 cm³/mol. The molecule has 7 heteroatoms. The van der Waals surface area contributed by atoms with Gasteiger partial charge in [-0.1, -0.05) is 12.8 Å². The average molecular weight is 408 g/mol. The number of ether oxygens (including phenoxy) is 1. The molecule has 29 heavy (non-hydrogen) atoms. The molecular formula is C22H37N3O4. The number of amides is 3. The summed E-state index contributed by atoms with van der Waals surface area (Å²) in [7, 11) is 0. The first-order chi connectivity index (χ1) is 13.8. The van der Waals surface area contributed by atoms with Crippen LogP contribution in [0.3, 0.4) is 0 Å². The Morgan fingerprint density at radius 3 is 1.90 bits per heavy atom. The molecule has 3 fully saturated rings. The van der Waals surface area contributed by atoms with Gasteiger partial charge in [-0.15, -0.1) is 0 Å². The monoisotopic (exact) mass is 407 g/mol. The molecule has 3 rings (SSSR count). The van der Waals surface area contributed by atoms with Gasteiger partial charge in [-0.05, 0) is 59.3 Å². The molecule has 3 amide bonds. The quantitative estimate of drug-likeness (QED) is 0.705. The fraction of sp³-hybridized carbons (Fsp3) is 0.864. The molecule has 0 saturated carbocycles. The summed E-state index contributed by atoms with van der Waals surface area (Å²) in [6, 6.07) is -0.428. The van der Waals surface area contributed by atoms with E-state index in [0.717, 1.165) is 45.2 Å². The lowest BCUT2D eigenvalue weighted by atomic mass is 9.94. The van der Waals surface area contributed by atoms with Crippen molar-refractivity contribution in [1.29, 1.82) is 0 Å². The van der Waals surface area contributed by atoms with Crippen LogP contribution in [0.5, 0.6) is 0 Å². The number of nitrogens with zero attached hydrogens (tertiary/aromatic N) is 3. The third kappa shape index (κ3) is 5.64. The van der Waals surface area contributed by atoms with E-state index in [9.17, 15) is 14.4 Å². The molecule has 3 aliphatic rings. The average Bonchev–Trinajstić information content (AvgIpc) is 3.01. The van der Waals surface area contributed by atoms with Gasteiger partial charge in [0.2, 0.25) is 11.8 Å². The maximum atomic E-state index is 13.1. The first-order valence-electron chi connectivity index (χ1n) is 11.3. The smallest absolute Gasteiger partial charge is 0.410 e. The summed E-state index contributed by atoms with van der Waals surface area (Å²) < 4.78 is 5.48. The van der Waals surface area contributed by atoms with Gasteiger partial charge in [0.1, 0.15) is 11.6 Å². The van der Waals surface area contributed by atoms with Crippen molar-refractivity contribution in [3.8, 4) is 0 Å². The van der Waals surface area contributed by atoms with Crippen LogP contribution >= 0.6 is 0 Å². The van der Waals surface area contributed by atoms with E-state index in [1.54, 1.807) is 4.90 Å². The molecule has 0 aromatic heterocycles. The van der Waals surface area contributed by atoms with Gasteiger partial charge < -0.3 is 14.5 Å². The third-order valence-electron chi connectivity index (χ3n) is 6.24. The largest absolute Gasteiger partial charge is 0.444 e. The van der Waals surface area contributed by atoms with Gasteiger partial charge in [0.05, 0.1) is 0 Å². The van der Waals surface area contributed by atoms with Gasteiger partial charge >= 0.3 is 6.09 Å². The van der Waals surface area contributed by atoms with Crippen LogP contribution in [0.2, 0.25) is 0 Å². The fourth-order valence-electron chi connectivity index (χ4n) is 4.67. The highest BCUT2D eigenvalue weighted by atomic mass is 16.6. The van der Waals surface area contributed by atoms with E-state index in [1.165, 1.54) is 12.8 Å². The van der Waals surface area contributed by atoms with Crippen molar-refractivity contribution in [3.05, 3.63) is 0 Å². The van der Waals surface area contributed by atoms with Crippen LogP contribution < -0.4 is 0 Å². The zero-order valence-corrected chi connectivity index (χ0v) is 18.3. The first-order valence-corrected chi connectivity index (χ1v) is 11.3. The fourth-order valence-corrected chi connectivity index (χ4v) is 4.67. The lowest BCUT2D eigenvalue weighted by Crippen LogP contribution is -2.52. The Morgan fingerprint density at radius 1 is 0.724 bits per heavy atom. The van der Waals surface area contributed by atoms with E-state index in [1.807, 2.05) is 30.6 Å². The summed E-state index contributed by atoms with van der Waals surface area (Å²) in [5.74, 6) is 0.312. The highest BCUT2D eigenvalue weighted by Crippen LogP contribution is 2.26. The number of rotatable bonds is 2. The Morgan fingerprint density at radius 2 is 1.31 bits per heavy atom. The maximum Gasteiger partial charge on any atom is 0.410 e. The minimum Gasteiger partial charge on any atom is -0.444 e. The first kappa shape index (κ1) is 21.9. The Kier molecular flexibility index (Phi) is 7.06. The number of piperidine rings is 1. The Balaban J connectivity index is 1.52. The zero-order chi connectivity index (χ0) is 21.0. The molecule has 0 aromatic rings. The van der Waals surface area contributed by atoms with Crippen molar-refractivity contribution in [1.82, 2.24) is 14.7 Å². The topological polar surface area (TPSA) is 70.2 Å². The van der Waals surface area contributed by atoms with E-state index in [4.69, 9.17) is 4.74 Å². The zero-order valence-electron chi connectivity index (χ0n) is 18.3. The summed E-state index contributed by atoms with van der Waals surface area (Å²) in [4.78, 5) is 43.9. The number of hydrogen-bond donors (Lipinski definition) is 0. The normalized spacial score (nSPS) is 24.4. The van der Waals surface area contributed by atoms with Gasteiger partial charge in [-0.25, -0.2) is 4.79 Å². The number of carbonyl (C=O) groups excluding carboxylic acids is 3. The van der Waals surface area contributed by atoms with E-state index in [-0.39, 0.29) is 17.7 Å². The third-order valence-corrected chi connectivity index (χ3v) is 6.24. The molecule has 0 radical (unpaired) electrons. The molecule has 0 spiro atoms. The summed E-state index contributed by atoms with van der Waals surface area (Å²) in [6.07, 6.45) is 7.18. The Hall–Kier alpha value is -1.79. The van der Waals surface area contributed by atoms with Crippen molar-refractivity contribution < 1.29 is 19.1 Å². The lowest BCUT2D eigenvalue weighted by Gasteiger charge is -2.36.